The Balaban J connectivity index is 1.91. The molecule has 0 fully saturated rings. The number of carboxylic acids is 1. The van der Waals surface area contributed by atoms with Gasteiger partial charge in [-0.05, 0) is 79.6 Å². The van der Waals surface area contributed by atoms with Crippen molar-refractivity contribution < 1.29 is 29.3 Å². The van der Waals surface area contributed by atoms with E-state index in [0.29, 0.717) is 28.1 Å². The van der Waals surface area contributed by atoms with E-state index < -0.39 is 24.6 Å². The smallest absolute Gasteiger partial charge is 0.305 e. The molecule has 226 valence electrons. The molecule has 1 heterocycles. The van der Waals surface area contributed by atoms with Crippen molar-refractivity contribution in [3.8, 4) is 22.4 Å². The fourth-order valence-electron chi connectivity index (χ4n) is 5.63. The average Bonchev–Trinajstić information content (AvgIpc) is 3.29. The molecular weight excluding hydrogens is 547 g/mol. The molecule has 0 aliphatic carbocycles. The van der Waals surface area contributed by atoms with Crippen LogP contribution in [0.5, 0.6) is 0 Å². The fraction of sp³-hybridized carbons (Fsp3) is 0.314. The lowest BCUT2D eigenvalue weighted by Crippen LogP contribution is -2.22. The molecule has 0 aliphatic heterocycles. The minimum absolute atomic E-state index is 0.0952. The maximum absolute atomic E-state index is 14.3. The maximum atomic E-state index is 14.3. The second-order valence-corrected chi connectivity index (χ2v) is 11.4. The van der Waals surface area contributed by atoms with Crippen molar-refractivity contribution in [3.05, 3.63) is 101 Å². The highest BCUT2D eigenvalue weighted by Crippen LogP contribution is 2.42. The predicted molar refractivity (Wildman–Crippen MR) is 167 cm³/mol. The van der Waals surface area contributed by atoms with Gasteiger partial charge in [0.15, 0.2) is 0 Å². The number of aromatic nitrogens is 1. The minimum atomic E-state index is -1.18. The van der Waals surface area contributed by atoms with Crippen LogP contribution in [0.15, 0.2) is 72.8 Å². The van der Waals surface area contributed by atoms with Crippen molar-refractivity contribution in [1.29, 1.82) is 0 Å². The van der Waals surface area contributed by atoms with Crippen LogP contribution >= 0.6 is 0 Å². The molecule has 2 atom stereocenters. The zero-order valence-electron chi connectivity index (χ0n) is 25.0. The second kappa shape index (κ2) is 13.8. The molecule has 0 bridgehead atoms. The molecule has 4 rings (SSSR count). The van der Waals surface area contributed by atoms with Gasteiger partial charge in [-0.15, -0.1) is 0 Å². The van der Waals surface area contributed by atoms with E-state index in [1.54, 1.807) is 12.1 Å². The molecule has 1 aromatic heterocycles. The number of benzene rings is 3. The first-order chi connectivity index (χ1) is 20.5. The maximum Gasteiger partial charge on any atom is 0.305 e. The number of carbonyl (C=O) groups is 2. The Bertz CT molecular complexity index is 1580. The lowest BCUT2D eigenvalue weighted by atomic mass is 9.94. The lowest BCUT2D eigenvalue weighted by molar-refractivity contribution is -0.139. The van der Waals surface area contributed by atoms with E-state index in [-0.39, 0.29) is 37.0 Å². The van der Waals surface area contributed by atoms with Gasteiger partial charge in [-0.2, -0.15) is 0 Å². The third-order valence-corrected chi connectivity index (χ3v) is 7.53. The van der Waals surface area contributed by atoms with Crippen LogP contribution in [0.4, 0.5) is 10.1 Å². The minimum Gasteiger partial charge on any atom is -0.481 e. The van der Waals surface area contributed by atoms with E-state index in [4.69, 9.17) is 5.11 Å². The Morgan fingerprint density at radius 2 is 1.58 bits per heavy atom. The van der Waals surface area contributed by atoms with Crippen LogP contribution in [0.25, 0.3) is 22.4 Å². The van der Waals surface area contributed by atoms with Crippen molar-refractivity contribution in [1.82, 2.24) is 4.57 Å². The number of nitrogens with zero attached hydrogens (tertiary/aromatic N) is 1. The fourth-order valence-corrected chi connectivity index (χ4v) is 5.63. The van der Waals surface area contributed by atoms with Crippen LogP contribution in [0.1, 0.15) is 66.2 Å². The predicted octanol–water partition coefficient (Wildman–Crippen LogP) is 6.93. The highest BCUT2D eigenvalue weighted by atomic mass is 19.1. The lowest BCUT2D eigenvalue weighted by Gasteiger charge is -2.20. The summed E-state index contributed by atoms with van der Waals surface area (Å²) in [5.74, 6) is -1.93. The number of carbonyl (C=O) groups excluding carboxylic acids is 1. The molecule has 8 heteroatoms. The molecular formula is C35H39FN2O5. The Labute approximate surface area is 251 Å². The summed E-state index contributed by atoms with van der Waals surface area (Å²) in [6.07, 6.45) is -2.52. The third-order valence-electron chi connectivity index (χ3n) is 7.53. The molecule has 7 nitrogen and oxygen atoms in total. The SMILES string of the molecule is Cc1ccc(NC(=O)c2c(-c3ccccc3)c(-c3ccc(F)cc3)n(CCC(O)C[C@@H](O)CC(=O)O)c2C(C)C)c(C)c1. The molecule has 3 aromatic carbocycles. The first-order valence-corrected chi connectivity index (χ1v) is 14.5. The quantitative estimate of drug-likeness (QED) is 0.144. The van der Waals surface area contributed by atoms with E-state index in [9.17, 15) is 24.2 Å². The van der Waals surface area contributed by atoms with Gasteiger partial charge in [-0.3, -0.25) is 9.59 Å². The first-order valence-electron chi connectivity index (χ1n) is 14.5. The van der Waals surface area contributed by atoms with E-state index >= 15 is 0 Å². The summed E-state index contributed by atoms with van der Waals surface area (Å²) in [4.78, 5) is 25.3. The second-order valence-electron chi connectivity index (χ2n) is 11.4. The molecule has 4 N–H and O–H groups in total. The molecule has 0 spiro atoms. The van der Waals surface area contributed by atoms with Gasteiger partial charge in [0.2, 0.25) is 0 Å². The van der Waals surface area contributed by atoms with Gasteiger partial charge >= 0.3 is 5.97 Å². The summed E-state index contributed by atoms with van der Waals surface area (Å²) in [6.45, 7) is 8.20. The number of hydrogen-bond donors (Lipinski definition) is 4. The number of carboxylic acid groups (broad SMARTS) is 1. The number of hydrogen-bond acceptors (Lipinski definition) is 4. The van der Waals surface area contributed by atoms with Crippen molar-refractivity contribution >= 4 is 17.6 Å². The Kier molecular flexibility index (Phi) is 10.2. The van der Waals surface area contributed by atoms with Crippen LogP contribution in [-0.2, 0) is 11.3 Å². The number of aliphatic carboxylic acids is 1. The molecule has 1 amide bonds. The number of rotatable bonds is 12. The molecule has 43 heavy (non-hydrogen) atoms. The highest BCUT2D eigenvalue weighted by molar-refractivity contribution is 6.12. The summed E-state index contributed by atoms with van der Waals surface area (Å²) in [5, 5.41) is 33.0. The Morgan fingerprint density at radius 3 is 2.19 bits per heavy atom. The highest BCUT2D eigenvalue weighted by Gasteiger charge is 2.31. The Morgan fingerprint density at radius 1 is 0.907 bits per heavy atom. The molecule has 0 radical (unpaired) electrons. The van der Waals surface area contributed by atoms with Gasteiger partial charge < -0.3 is 25.2 Å². The van der Waals surface area contributed by atoms with E-state index in [1.165, 1.54) is 12.1 Å². The summed E-state index contributed by atoms with van der Waals surface area (Å²) < 4.78 is 16.1. The largest absolute Gasteiger partial charge is 0.481 e. The van der Waals surface area contributed by atoms with Crippen LogP contribution in [-0.4, -0.2) is 44.0 Å². The topological polar surface area (TPSA) is 112 Å². The average molecular weight is 587 g/mol. The van der Waals surface area contributed by atoms with Crippen molar-refractivity contribution in [2.45, 2.75) is 71.6 Å². The monoisotopic (exact) mass is 586 g/mol. The van der Waals surface area contributed by atoms with E-state index in [0.717, 1.165) is 22.4 Å². The number of aliphatic hydroxyl groups is 2. The van der Waals surface area contributed by atoms with Crippen molar-refractivity contribution in [2.75, 3.05) is 5.32 Å². The van der Waals surface area contributed by atoms with E-state index in [2.05, 4.69) is 5.32 Å². The molecule has 0 saturated carbocycles. The van der Waals surface area contributed by atoms with Gasteiger partial charge in [0.1, 0.15) is 5.82 Å². The molecule has 0 aliphatic rings. The van der Waals surface area contributed by atoms with Gasteiger partial charge in [-0.1, -0.05) is 61.9 Å². The van der Waals surface area contributed by atoms with Crippen LogP contribution < -0.4 is 5.32 Å². The van der Waals surface area contributed by atoms with E-state index in [1.807, 2.05) is 80.8 Å². The number of amides is 1. The number of aliphatic hydroxyl groups excluding tert-OH is 2. The number of anilines is 1. The van der Waals surface area contributed by atoms with Gasteiger partial charge in [0.25, 0.3) is 5.91 Å². The molecule has 0 saturated heterocycles. The van der Waals surface area contributed by atoms with Crippen LogP contribution in [0.3, 0.4) is 0 Å². The Hall–Kier alpha value is -4.27. The number of halogens is 1. The number of aryl methyl sites for hydroxylation is 2. The molecule has 1 unspecified atom stereocenters. The zero-order chi connectivity index (χ0) is 31.3. The summed E-state index contributed by atoms with van der Waals surface area (Å²) in [6, 6.07) is 21.5. The molecule has 4 aromatic rings. The zero-order valence-corrected chi connectivity index (χ0v) is 25.0. The summed E-state index contributed by atoms with van der Waals surface area (Å²) in [5.41, 5.74) is 6.86. The van der Waals surface area contributed by atoms with Crippen LogP contribution in [0, 0.1) is 19.7 Å². The summed E-state index contributed by atoms with van der Waals surface area (Å²) >= 11 is 0. The van der Waals surface area contributed by atoms with Gasteiger partial charge in [0.05, 0.1) is 29.9 Å². The van der Waals surface area contributed by atoms with Crippen molar-refractivity contribution in [2.24, 2.45) is 0 Å². The van der Waals surface area contributed by atoms with Crippen LogP contribution in [0.2, 0.25) is 0 Å². The normalized spacial score (nSPS) is 12.7. The van der Waals surface area contributed by atoms with Gasteiger partial charge in [-0.25, -0.2) is 4.39 Å². The first kappa shape index (κ1) is 31.7. The number of nitrogens with one attached hydrogen (secondary N) is 1. The summed E-state index contributed by atoms with van der Waals surface area (Å²) in [7, 11) is 0. The van der Waals surface area contributed by atoms with Gasteiger partial charge in [0, 0.05) is 23.5 Å². The van der Waals surface area contributed by atoms with Crippen molar-refractivity contribution in [3.63, 3.8) is 0 Å². The standard InChI is InChI=1S/C35H39FN2O5/c1-21(2)33-32(35(43)37-29-15-10-22(3)18-23(29)4)31(24-8-6-5-7-9-24)34(25-11-13-26(36)14-12-25)38(33)17-16-27(39)19-28(40)20-30(41)42/h5-15,18,21,27-28,39-40H,16-17,19-20H2,1-4H3,(H,37,43)(H,41,42)/t27?,28-/m1/s1. The third kappa shape index (κ3) is 7.58.